The van der Waals surface area contributed by atoms with E-state index >= 15 is 0 Å². The fraction of sp³-hybridized carbons (Fsp3) is 0.241. The molecule has 1 amide bonds. The zero-order valence-corrected chi connectivity index (χ0v) is 22.2. The summed E-state index contributed by atoms with van der Waals surface area (Å²) in [6.45, 7) is 8.79. The minimum atomic E-state index is -0.717. The first-order chi connectivity index (χ1) is 17.6. The molecule has 2 aromatic heterocycles. The van der Waals surface area contributed by atoms with Crippen molar-refractivity contribution in [2.45, 2.75) is 40.2 Å². The van der Waals surface area contributed by atoms with Crippen LogP contribution >= 0.6 is 11.3 Å². The normalized spacial score (nSPS) is 11.3. The lowest BCUT2D eigenvalue weighted by atomic mass is 10.0. The largest absolute Gasteiger partial charge is 0.462 e. The Morgan fingerprint density at radius 3 is 2.32 bits per heavy atom. The highest BCUT2D eigenvalue weighted by Gasteiger charge is 2.30. The molecule has 0 fully saturated rings. The Kier molecular flexibility index (Phi) is 7.40. The molecule has 1 N–H and O–H groups in total. The van der Waals surface area contributed by atoms with E-state index in [9.17, 15) is 14.4 Å². The molecule has 37 heavy (non-hydrogen) atoms. The minimum absolute atomic E-state index is 0.141. The molecule has 0 atom stereocenters. The van der Waals surface area contributed by atoms with Crippen molar-refractivity contribution >= 4 is 45.1 Å². The van der Waals surface area contributed by atoms with Crippen LogP contribution in [0.25, 0.3) is 22.2 Å². The molecule has 0 radical (unpaired) electrons. The fourth-order valence-electron chi connectivity index (χ4n) is 3.86. The monoisotopic (exact) mass is 516 g/mol. The molecule has 8 heteroatoms. The summed E-state index contributed by atoms with van der Waals surface area (Å²) >= 11 is 0.995. The predicted octanol–water partition coefficient (Wildman–Crippen LogP) is 6.66. The van der Waals surface area contributed by atoms with Crippen molar-refractivity contribution in [1.29, 1.82) is 0 Å². The number of hydrogen-bond donors (Lipinski definition) is 1. The highest BCUT2D eigenvalue weighted by Crippen LogP contribution is 2.36. The first kappa shape index (κ1) is 26.0. The van der Waals surface area contributed by atoms with E-state index in [0.29, 0.717) is 27.7 Å². The van der Waals surface area contributed by atoms with Crippen LogP contribution in [0.2, 0.25) is 0 Å². The summed E-state index contributed by atoms with van der Waals surface area (Å²) in [6, 6.07) is 18.7. The molecule has 0 aliphatic carbocycles. The van der Waals surface area contributed by atoms with Gasteiger partial charge in [0.05, 0.1) is 28.9 Å². The van der Waals surface area contributed by atoms with Gasteiger partial charge in [-0.1, -0.05) is 48.5 Å². The van der Waals surface area contributed by atoms with E-state index in [4.69, 9.17) is 14.5 Å². The maximum absolute atomic E-state index is 13.7. The smallest absolute Gasteiger partial charge is 0.349 e. The zero-order chi connectivity index (χ0) is 26.7. The molecule has 0 aliphatic rings. The van der Waals surface area contributed by atoms with Crippen molar-refractivity contribution in [1.82, 2.24) is 4.98 Å². The van der Waals surface area contributed by atoms with Crippen LogP contribution in [0.4, 0.5) is 5.00 Å². The molecule has 0 saturated carbocycles. The van der Waals surface area contributed by atoms with Gasteiger partial charge in [-0.05, 0) is 52.3 Å². The third-order valence-electron chi connectivity index (χ3n) is 5.47. The van der Waals surface area contributed by atoms with Crippen molar-refractivity contribution < 1.29 is 23.9 Å². The second-order valence-corrected chi connectivity index (χ2v) is 10.4. The summed E-state index contributed by atoms with van der Waals surface area (Å²) in [6.07, 6.45) is 0. The molecule has 0 aliphatic heterocycles. The van der Waals surface area contributed by atoms with E-state index < -0.39 is 23.4 Å². The minimum Gasteiger partial charge on any atom is -0.462 e. The number of carbonyl (C=O) groups is 3. The van der Waals surface area contributed by atoms with Gasteiger partial charge in [-0.3, -0.25) is 4.79 Å². The van der Waals surface area contributed by atoms with Gasteiger partial charge in [0.1, 0.15) is 15.5 Å². The molecular weight excluding hydrogens is 488 g/mol. The average molecular weight is 517 g/mol. The predicted molar refractivity (Wildman–Crippen MR) is 145 cm³/mol. The molecular formula is C29H28N2O5S. The van der Waals surface area contributed by atoms with Crippen LogP contribution in [0, 0.1) is 6.92 Å². The van der Waals surface area contributed by atoms with E-state index in [1.165, 1.54) is 0 Å². The van der Waals surface area contributed by atoms with Gasteiger partial charge in [0.15, 0.2) is 0 Å². The molecule has 0 bridgehead atoms. The number of nitrogens with zero attached hydrogens (tertiary/aromatic N) is 1. The van der Waals surface area contributed by atoms with Crippen LogP contribution < -0.4 is 5.32 Å². The average Bonchev–Trinajstić information content (AvgIpc) is 3.18. The number of aromatic nitrogens is 1. The lowest BCUT2D eigenvalue weighted by Crippen LogP contribution is -2.23. The van der Waals surface area contributed by atoms with Gasteiger partial charge in [-0.2, -0.15) is 0 Å². The van der Waals surface area contributed by atoms with E-state index in [0.717, 1.165) is 16.9 Å². The number of amides is 1. The van der Waals surface area contributed by atoms with Gasteiger partial charge >= 0.3 is 11.9 Å². The Bertz CT molecular complexity index is 1490. The number of fused-ring (bicyclic) bond motifs is 1. The lowest BCUT2D eigenvalue weighted by molar-refractivity contribution is 0.00744. The van der Waals surface area contributed by atoms with Crippen molar-refractivity contribution in [2.24, 2.45) is 0 Å². The Balaban J connectivity index is 1.79. The molecule has 190 valence electrons. The lowest BCUT2D eigenvalue weighted by Gasteiger charge is -2.19. The number of anilines is 1. The first-order valence-electron chi connectivity index (χ1n) is 11.9. The van der Waals surface area contributed by atoms with E-state index in [1.54, 1.807) is 40.7 Å². The number of para-hydroxylation sites is 1. The van der Waals surface area contributed by atoms with Crippen molar-refractivity contribution in [3.63, 3.8) is 0 Å². The molecule has 2 aromatic carbocycles. The molecule has 4 aromatic rings. The third kappa shape index (κ3) is 5.70. The number of pyridine rings is 1. The molecule has 2 heterocycles. The summed E-state index contributed by atoms with van der Waals surface area (Å²) in [5.74, 6) is -1.62. The van der Waals surface area contributed by atoms with Gasteiger partial charge in [0, 0.05) is 10.9 Å². The van der Waals surface area contributed by atoms with Gasteiger partial charge in [-0.25, -0.2) is 14.6 Å². The highest BCUT2D eigenvalue weighted by molar-refractivity contribution is 7.18. The van der Waals surface area contributed by atoms with Crippen LogP contribution in [-0.4, -0.2) is 35.0 Å². The maximum Gasteiger partial charge on any atom is 0.349 e. The second kappa shape index (κ2) is 10.5. The Morgan fingerprint density at radius 1 is 0.973 bits per heavy atom. The Labute approximate surface area is 219 Å². The van der Waals surface area contributed by atoms with Crippen molar-refractivity contribution in [2.75, 3.05) is 11.9 Å². The number of ether oxygens (including phenoxy) is 2. The van der Waals surface area contributed by atoms with Gasteiger partial charge < -0.3 is 14.8 Å². The number of rotatable bonds is 6. The fourth-order valence-corrected chi connectivity index (χ4v) is 4.93. The first-order valence-corrected chi connectivity index (χ1v) is 12.7. The van der Waals surface area contributed by atoms with Gasteiger partial charge in [0.25, 0.3) is 5.91 Å². The molecule has 0 saturated heterocycles. The molecule has 0 unspecified atom stereocenters. The molecule has 4 rings (SSSR count). The topological polar surface area (TPSA) is 94.6 Å². The van der Waals surface area contributed by atoms with E-state index in [-0.39, 0.29) is 22.0 Å². The van der Waals surface area contributed by atoms with Crippen LogP contribution in [-0.2, 0) is 9.47 Å². The number of hydrogen-bond acceptors (Lipinski definition) is 7. The van der Waals surface area contributed by atoms with Crippen molar-refractivity contribution in [3.8, 4) is 11.3 Å². The van der Waals surface area contributed by atoms with Crippen LogP contribution in [0.15, 0.2) is 60.7 Å². The zero-order valence-electron chi connectivity index (χ0n) is 21.4. The summed E-state index contributed by atoms with van der Waals surface area (Å²) in [7, 11) is 0. The summed E-state index contributed by atoms with van der Waals surface area (Å²) < 4.78 is 10.8. The maximum atomic E-state index is 13.7. The van der Waals surface area contributed by atoms with Crippen LogP contribution in [0.5, 0.6) is 0 Å². The number of esters is 2. The SMILES string of the molecule is CCOC(=O)c1c(NC(=O)c2cc(-c3ccccc3)nc3ccccc23)sc(C(=O)OC(C)(C)C)c1C. The van der Waals surface area contributed by atoms with Crippen molar-refractivity contribution in [3.05, 3.63) is 82.2 Å². The highest BCUT2D eigenvalue weighted by atomic mass is 32.1. The second-order valence-electron chi connectivity index (χ2n) is 9.38. The van der Waals surface area contributed by atoms with E-state index in [1.807, 2.05) is 54.6 Å². The Hall–Kier alpha value is -4.04. The van der Waals surface area contributed by atoms with Crippen LogP contribution in [0.3, 0.4) is 0 Å². The molecule has 7 nitrogen and oxygen atoms in total. The third-order valence-corrected chi connectivity index (χ3v) is 6.66. The van der Waals surface area contributed by atoms with Crippen LogP contribution in [0.1, 0.15) is 63.6 Å². The summed E-state index contributed by atoms with van der Waals surface area (Å²) in [5.41, 5.74) is 2.39. The Morgan fingerprint density at radius 2 is 1.65 bits per heavy atom. The number of thiophene rings is 1. The van der Waals surface area contributed by atoms with Gasteiger partial charge in [-0.15, -0.1) is 11.3 Å². The molecule has 0 spiro atoms. The number of benzene rings is 2. The number of carbonyl (C=O) groups excluding carboxylic acids is 3. The standard InChI is InChI=1S/C29H28N2O5S/c1-6-35-27(33)23-17(2)24(28(34)36-29(3,4)5)37-26(23)31-25(32)20-16-22(18-12-8-7-9-13-18)30-21-15-11-10-14-19(20)21/h7-16H,6H2,1-5H3,(H,31,32). The van der Waals surface area contributed by atoms with Gasteiger partial charge in [0.2, 0.25) is 0 Å². The number of nitrogens with one attached hydrogen (secondary N) is 1. The van der Waals surface area contributed by atoms with E-state index in [2.05, 4.69) is 5.32 Å². The summed E-state index contributed by atoms with van der Waals surface area (Å²) in [5, 5.41) is 3.75. The quantitative estimate of drug-likeness (QED) is 0.288. The summed E-state index contributed by atoms with van der Waals surface area (Å²) in [4.78, 5) is 44.3.